The lowest BCUT2D eigenvalue weighted by Crippen LogP contribution is -2.50. The average Bonchev–Trinajstić information content (AvgIpc) is 3.01. The van der Waals surface area contributed by atoms with E-state index in [4.69, 9.17) is 21.9 Å². The van der Waals surface area contributed by atoms with E-state index < -0.39 is 0 Å². The van der Waals surface area contributed by atoms with Crippen LogP contribution >= 0.6 is 0 Å². The molecular weight excluding hydrogens is 552 g/mol. The van der Waals surface area contributed by atoms with Crippen LogP contribution in [0.4, 0.5) is 0 Å². The molecule has 0 aromatic heterocycles. The molecule has 1 aliphatic carbocycles. The minimum atomic E-state index is -0.251. The zero-order valence-corrected chi connectivity index (χ0v) is 26.6. The van der Waals surface area contributed by atoms with Crippen LogP contribution in [0, 0.1) is 19.8 Å². The highest BCUT2D eigenvalue weighted by Gasteiger charge is 2.31. The van der Waals surface area contributed by atoms with Crippen LogP contribution in [0.25, 0.3) is 5.70 Å². The molecule has 3 fully saturated rings. The molecule has 2 unspecified atom stereocenters. The standard InChI is InChI=1S/C35H50N6O3/c1-23-18-29(35(43)40-15-13-39(14-16-40)21-26-9-5-4-6-10-26)24(2)17-28(23)33-22-41(20-25(3)44-33)31(34(37)38)19-30(36)27-11-7-8-12-32(27)42/h7-8,11-12,17-19,25-26,33,42H,4-6,9-10,13-16,20-22,36-38H2,1-3H3/b30-19-. The first-order valence-electron chi connectivity index (χ1n) is 16.1. The summed E-state index contributed by atoms with van der Waals surface area (Å²) in [6.45, 7) is 11.8. The van der Waals surface area contributed by atoms with E-state index in [-0.39, 0.29) is 29.7 Å². The molecule has 7 N–H and O–H groups in total. The molecule has 1 saturated carbocycles. The number of aryl methyl sites for hydroxylation is 2. The highest BCUT2D eigenvalue weighted by atomic mass is 16.5. The smallest absolute Gasteiger partial charge is 0.254 e. The maximum atomic E-state index is 13.7. The Bertz CT molecular complexity index is 1390. The highest BCUT2D eigenvalue weighted by Crippen LogP contribution is 2.33. The zero-order valence-electron chi connectivity index (χ0n) is 26.6. The Morgan fingerprint density at radius 1 is 0.932 bits per heavy atom. The Kier molecular flexibility index (Phi) is 10.1. The van der Waals surface area contributed by atoms with Gasteiger partial charge in [-0.15, -0.1) is 0 Å². The molecule has 9 nitrogen and oxygen atoms in total. The number of piperazine rings is 1. The maximum absolute atomic E-state index is 13.7. The predicted molar refractivity (Wildman–Crippen MR) is 175 cm³/mol. The van der Waals surface area contributed by atoms with Crippen molar-refractivity contribution in [2.75, 3.05) is 45.8 Å². The van der Waals surface area contributed by atoms with Gasteiger partial charge in [-0.3, -0.25) is 9.69 Å². The van der Waals surface area contributed by atoms with E-state index in [1.54, 1.807) is 24.3 Å². The number of ether oxygens (including phenoxy) is 1. The number of morpholine rings is 1. The number of hydrogen-bond acceptors (Lipinski definition) is 8. The van der Waals surface area contributed by atoms with Crippen molar-refractivity contribution in [3.63, 3.8) is 0 Å². The summed E-state index contributed by atoms with van der Waals surface area (Å²) in [6.07, 6.45) is 8.18. The number of amides is 1. The van der Waals surface area contributed by atoms with Gasteiger partial charge in [-0.05, 0) is 80.5 Å². The number of nitrogens with two attached hydrogens (primary N) is 3. The molecular formula is C35H50N6O3. The molecule has 238 valence electrons. The van der Waals surface area contributed by atoms with E-state index in [9.17, 15) is 9.90 Å². The topological polar surface area (TPSA) is 134 Å². The Balaban J connectivity index is 1.28. The monoisotopic (exact) mass is 602 g/mol. The first-order chi connectivity index (χ1) is 21.1. The number of para-hydroxylation sites is 1. The molecule has 0 spiro atoms. The normalized spacial score (nSPS) is 22.2. The van der Waals surface area contributed by atoms with Gasteiger partial charge in [-0.25, -0.2) is 0 Å². The number of allylic oxidation sites excluding steroid dienone is 1. The number of aromatic hydroxyl groups is 1. The highest BCUT2D eigenvalue weighted by molar-refractivity contribution is 5.96. The van der Waals surface area contributed by atoms with E-state index in [0.717, 1.165) is 54.4 Å². The Morgan fingerprint density at radius 3 is 2.32 bits per heavy atom. The lowest BCUT2D eigenvalue weighted by Gasteiger charge is -2.40. The van der Waals surface area contributed by atoms with Crippen molar-refractivity contribution in [3.05, 3.63) is 81.8 Å². The van der Waals surface area contributed by atoms with Gasteiger partial charge in [0, 0.05) is 62.6 Å². The Morgan fingerprint density at radius 2 is 1.64 bits per heavy atom. The lowest BCUT2D eigenvalue weighted by molar-refractivity contribution is -0.0686. The Hall–Kier alpha value is -3.69. The second-order valence-corrected chi connectivity index (χ2v) is 12.9. The van der Waals surface area contributed by atoms with Crippen LogP contribution in [0.5, 0.6) is 5.75 Å². The number of benzene rings is 2. The van der Waals surface area contributed by atoms with Crippen LogP contribution in [0.3, 0.4) is 0 Å². The first kappa shape index (κ1) is 31.7. The minimum absolute atomic E-state index is 0.0893. The quantitative estimate of drug-likeness (QED) is 0.347. The predicted octanol–water partition coefficient (Wildman–Crippen LogP) is 4.20. The van der Waals surface area contributed by atoms with Gasteiger partial charge in [-0.2, -0.15) is 0 Å². The van der Waals surface area contributed by atoms with Crippen LogP contribution in [0.1, 0.15) is 77.7 Å². The summed E-state index contributed by atoms with van der Waals surface area (Å²) in [7, 11) is 0. The van der Waals surface area contributed by atoms with Gasteiger partial charge < -0.3 is 36.8 Å². The Labute approximate surface area is 262 Å². The maximum Gasteiger partial charge on any atom is 0.254 e. The van der Waals surface area contributed by atoms with E-state index in [0.29, 0.717) is 30.0 Å². The SMILES string of the molecule is Cc1cc(C2CN(C(/C=C(\N)c3ccccc3O)=C(N)N)CC(C)O2)c(C)cc1C(=O)N1CCN(CC2CCCCC2)CC1. The van der Waals surface area contributed by atoms with Gasteiger partial charge in [0.1, 0.15) is 17.7 Å². The summed E-state index contributed by atoms with van der Waals surface area (Å²) >= 11 is 0. The van der Waals surface area contributed by atoms with Crippen LogP contribution in [-0.4, -0.2) is 77.6 Å². The van der Waals surface area contributed by atoms with Crippen molar-refractivity contribution in [2.45, 2.75) is 65.1 Å². The molecule has 2 aliphatic heterocycles. The molecule has 3 aliphatic rings. The summed E-state index contributed by atoms with van der Waals surface area (Å²) < 4.78 is 6.43. The molecule has 2 saturated heterocycles. The number of nitrogens with zero attached hydrogens (tertiary/aromatic N) is 3. The third kappa shape index (κ3) is 7.33. The molecule has 1 amide bonds. The molecule has 2 heterocycles. The molecule has 0 radical (unpaired) electrons. The number of carbonyl (C=O) groups excluding carboxylic acids is 1. The summed E-state index contributed by atoms with van der Waals surface area (Å²) in [4.78, 5) is 20.3. The van der Waals surface area contributed by atoms with Crippen LogP contribution in [-0.2, 0) is 4.74 Å². The molecule has 44 heavy (non-hydrogen) atoms. The van der Waals surface area contributed by atoms with Crippen molar-refractivity contribution in [2.24, 2.45) is 23.1 Å². The van der Waals surface area contributed by atoms with E-state index in [2.05, 4.69) is 15.9 Å². The molecule has 2 atom stereocenters. The second kappa shape index (κ2) is 13.9. The van der Waals surface area contributed by atoms with Gasteiger partial charge >= 0.3 is 0 Å². The summed E-state index contributed by atoms with van der Waals surface area (Å²) in [5.41, 5.74) is 24.0. The van der Waals surface area contributed by atoms with E-state index in [1.807, 2.05) is 37.8 Å². The number of hydrogen-bond donors (Lipinski definition) is 4. The number of carbonyl (C=O) groups is 1. The third-order valence-corrected chi connectivity index (χ3v) is 9.49. The first-order valence-corrected chi connectivity index (χ1v) is 16.1. The molecule has 2 aromatic rings. The summed E-state index contributed by atoms with van der Waals surface area (Å²) in [6, 6.07) is 11.0. The van der Waals surface area contributed by atoms with Gasteiger partial charge in [-0.1, -0.05) is 37.5 Å². The fourth-order valence-corrected chi connectivity index (χ4v) is 7.07. The van der Waals surface area contributed by atoms with Crippen molar-refractivity contribution in [1.29, 1.82) is 0 Å². The molecule has 0 bridgehead atoms. The van der Waals surface area contributed by atoms with Crippen molar-refractivity contribution in [1.82, 2.24) is 14.7 Å². The number of phenolic OH excluding ortho intramolecular Hbond substituents is 1. The van der Waals surface area contributed by atoms with Gasteiger partial charge in [0.05, 0.1) is 11.8 Å². The van der Waals surface area contributed by atoms with E-state index in [1.165, 1.54) is 38.6 Å². The van der Waals surface area contributed by atoms with Gasteiger partial charge in [0.25, 0.3) is 5.91 Å². The van der Waals surface area contributed by atoms with Crippen LogP contribution < -0.4 is 17.2 Å². The minimum Gasteiger partial charge on any atom is -0.507 e. The molecule has 2 aromatic carbocycles. The number of rotatable bonds is 7. The zero-order chi connectivity index (χ0) is 31.4. The fourth-order valence-electron chi connectivity index (χ4n) is 7.07. The molecule has 5 rings (SSSR count). The van der Waals surface area contributed by atoms with Gasteiger partial charge in [0.2, 0.25) is 0 Å². The summed E-state index contributed by atoms with van der Waals surface area (Å²) in [5, 5.41) is 10.3. The van der Waals surface area contributed by atoms with E-state index >= 15 is 0 Å². The largest absolute Gasteiger partial charge is 0.507 e. The van der Waals surface area contributed by atoms with Gasteiger partial charge in [0.15, 0.2) is 0 Å². The van der Waals surface area contributed by atoms with Crippen LogP contribution in [0.15, 0.2) is 54.0 Å². The summed E-state index contributed by atoms with van der Waals surface area (Å²) in [5.74, 6) is 1.16. The number of phenols is 1. The lowest BCUT2D eigenvalue weighted by atomic mass is 9.89. The second-order valence-electron chi connectivity index (χ2n) is 12.9. The van der Waals surface area contributed by atoms with Crippen molar-refractivity contribution in [3.8, 4) is 5.75 Å². The van der Waals surface area contributed by atoms with Crippen molar-refractivity contribution < 1.29 is 14.6 Å². The van der Waals surface area contributed by atoms with Crippen molar-refractivity contribution >= 4 is 11.6 Å². The van der Waals surface area contributed by atoms with Crippen LogP contribution in [0.2, 0.25) is 0 Å². The molecule has 9 heteroatoms. The average molecular weight is 603 g/mol. The fraction of sp³-hybridized carbons (Fsp3) is 0.514. The third-order valence-electron chi connectivity index (χ3n) is 9.49.